The molecule has 0 aromatic heterocycles. The summed E-state index contributed by atoms with van der Waals surface area (Å²) in [5.74, 6) is 0. The zero-order valence-corrected chi connectivity index (χ0v) is 12.0. The van der Waals surface area contributed by atoms with Crippen molar-refractivity contribution in [3.05, 3.63) is 33.9 Å². The summed E-state index contributed by atoms with van der Waals surface area (Å²) in [6, 6.07) is 5.28. The lowest BCUT2D eigenvalue weighted by Crippen LogP contribution is -2.53. The average molecular weight is 279 g/mol. The van der Waals surface area contributed by atoms with E-state index in [4.69, 9.17) is 0 Å². The summed E-state index contributed by atoms with van der Waals surface area (Å²) >= 11 is 0. The van der Waals surface area contributed by atoms with Crippen molar-refractivity contribution in [2.24, 2.45) is 0 Å². The highest BCUT2D eigenvalue weighted by atomic mass is 16.6. The van der Waals surface area contributed by atoms with E-state index in [-0.39, 0.29) is 23.3 Å². The van der Waals surface area contributed by atoms with Crippen molar-refractivity contribution >= 4 is 11.4 Å². The second kappa shape index (κ2) is 6.19. The molecule has 0 spiro atoms. The minimum atomic E-state index is -0.337. The Balaban J connectivity index is 2.30. The Morgan fingerprint density at radius 3 is 2.80 bits per heavy atom. The zero-order valence-electron chi connectivity index (χ0n) is 12.0. The van der Waals surface area contributed by atoms with Crippen LogP contribution in [0.2, 0.25) is 0 Å². The molecule has 20 heavy (non-hydrogen) atoms. The molecule has 6 nitrogen and oxygen atoms in total. The summed E-state index contributed by atoms with van der Waals surface area (Å²) in [4.78, 5) is 15.0. The van der Waals surface area contributed by atoms with Crippen LogP contribution in [-0.4, -0.2) is 54.3 Å². The number of anilines is 1. The molecule has 1 saturated heterocycles. The quantitative estimate of drug-likeness (QED) is 0.664. The Bertz CT molecular complexity index is 493. The Kier molecular flexibility index (Phi) is 4.57. The third kappa shape index (κ3) is 2.91. The number of piperazine rings is 1. The summed E-state index contributed by atoms with van der Waals surface area (Å²) in [7, 11) is 2.04. The standard InChI is InChI=1S/C14H21N3O3/c1-3-11-8-12(4-5-14(11)17(19)20)16-7-6-15(2)9-13(16)10-18/h4-5,8,13,18H,3,6-7,9-10H2,1-2H3. The van der Waals surface area contributed by atoms with Crippen LogP contribution in [0.3, 0.4) is 0 Å². The van der Waals surface area contributed by atoms with Crippen LogP contribution >= 0.6 is 0 Å². The molecular weight excluding hydrogens is 258 g/mol. The number of likely N-dealkylation sites (N-methyl/N-ethyl adjacent to an activating group) is 1. The number of benzene rings is 1. The molecule has 2 rings (SSSR count). The van der Waals surface area contributed by atoms with Crippen LogP contribution in [0.5, 0.6) is 0 Å². The van der Waals surface area contributed by atoms with Gasteiger partial charge in [-0.25, -0.2) is 0 Å². The average Bonchev–Trinajstić information content (AvgIpc) is 2.46. The van der Waals surface area contributed by atoms with Crippen LogP contribution in [-0.2, 0) is 6.42 Å². The lowest BCUT2D eigenvalue weighted by atomic mass is 10.1. The number of hydrogen-bond acceptors (Lipinski definition) is 5. The van der Waals surface area contributed by atoms with Gasteiger partial charge >= 0.3 is 0 Å². The zero-order chi connectivity index (χ0) is 14.7. The molecule has 1 unspecified atom stereocenters. The number of rotatable bonds is 4. The van der Waals surface area contributed by atoms with Crippen LogP contribution < -0.4 is 4.90 Å². The number of hydrogen-bond donors (Lipinski definition) is 1. The Labute approximate surface area is 118 Å². The summed E-state index contributed by atoms with van der Waals surface area (Å²) in [5.41, 5.74) is 1.87. The van der Waals surface area contributed by atoms with Crippen LogP contribution in [0.15, 0.2) is 18.2 Å². The largest absolute Gasteiger partial charge is 0.394 e. The molecular formula is C14H21N3O3. The summed E-state index contributed by atoms with van der Waals surface area (Å²) in [5, 5.41) is 20.5. The van der Waals surface area contributed by atoms with E-state index in [1.54, 1.807) is 12.1 Å². The van der Waals surface area contributed by atoms with E-state index < -0.39 is 0 Å². The maximum absolute atomic E-state index is 11.0. The third-order valence-corrected chi connectivity index (χ3v) is 3.87. The van der Waals surface area contributed by atoms with Crippen molar-refractivity contribution in [2.45, 2.75) is 19.4 Å². The van der Waals surface area contributed by atoms with E-state index >= 15 is 0 Å². The van der Waals surface area contributed by atoms with Crippen LogP contribution in [0.1, 0.15) is 12.5 Å². The fraction of sp³-hybridized carbons (Fsp3) is 0.571. The molecule has 0 saturated carbocycles. The molecule has 1 fully saturated rings. The molecule has 110 valence electrons. The number of aliphatic hydroxyl groups excluding tert-OH is 1. The molecule has 1 aromatic rings. The molecule has 1 aromatic carbocycles. The van der Waals surface area contributed by atoms with Gasteiger partial charge in [0.05, 0.1) is 17.6 Å². The second-order valence-corrected chi connectivity index (χ2v) is 5.22. The maximum atomic E-state index is 11.0. The van der Waals surface area contributed by atoms with Gasteiger partial charge in [-0.05, 0) is 25.6 Å². The van der Waals surface area contributed by atoms with Crippen molar-refractivity contribution in [1.29, 1.82) is 0 Å². The lowest BCUT2D eigenvalue weighted by molar-refractivity contribution is -0.385. The highest BCUT2D eigenvalue weighted by Crippen LogP contribution is 2.27. The predicted molar refractivity (Wildman–Crippen MR) is 78.2 cm³/mol. The number of aryl methyl sites for hydroxylation is 1. The Morgan fingerprint density at radius 2 is 2.20 bits per heavy atom. The first-order valence-electron chi connectivity index (χ1n) is 6.90. The highest BCUT2D eigenvalue weighted by molar-refractivity contribution is 5.56. The molecule has 1 atom stereocenters. The minimum absolute atomic E-state index is 0.0416. The summed E-state index contributed by atoms with van der Waals surface area (Å²) in [6.45, 7) is 4.55. The molecule has 0 bridgehead atoms. The predicted octanol–water partition coefficient (Wildman–Crippen LogP) is 1.27. The molecule has 1 N–H and O–H groups in total. The Hall–Kier alpha value is -1.66. The minimum Gasteiger partial charge on any atom is -0.394 e. The van der Waals surface area contributed by atoms with Crippen molar-refractivity contribution in [3.63, 3.8) is 0 Å². The number of nitro groups is 1. The molecule has 0 aliphatic carbocycles. The van der Waals surface area contributed by atoms with Gasteiger partial charge < -0.3 is 14.9 Å². The fourth-order valence-electron chi connectivity index (χ4n) is 2.72. The van der Waals surface area contributed by atoms with Gasteiger partial charge in [-0.1, -0.05) is 6.92 Å². The van der Waals surface area contributed by atoms with Crippen LogP contribution in [0.25, 0.3) is 0 Å². The Morgan fingerprint density at radius 1 is 1.45 bits per heavy atom. The van der Waals surface area contributed by atoms with Gasteiger partial charge in [-0.2, -0.15) is 0 Å². The highest BCUT2D eigenvalue weighted by Gasteiger charge is 2.26. The molecule has 6 heteroatoms. The van der Waals surface area contributed by atoms with E-state index in [1.807, 2.05) is 20.0 Å². The third-order valence-electron chi connectivity index (χ3n) is 3.87. The first-order chi connectivity index (χ1) is 9.56. The first-order valence-corrected chi connectivity index (χ1v) is 6.90. The van der Waals surface area contributed by atoms with Crippen molar-refractivity contribution in [2.75, 3.05) is 38.2 Å². The smallest absolute Gasteiger partial charge is 0.272 e. The summed E-state index contributed by atoms with van der Waals surface area (Å²) in [6.07, 6.45) is 0.627. The van der Waals surface area contributed by atoms with E-state index in [0.717, 1.165) is 30.9 Å². The first kappa shape index (κ1) is 14.7. The number of nitro benzene ring substituents is 1. The van der Waals surface area contributed by atoms with E-state index in [0.29, 0.717) is 6.42 Å². The van der Waals surface area contributed by atoms with Gasteiger partial charge in [0.15, 0.2) is 0 Å². The van der Waals surface area contributed by atoms with Gasteiger partial charge in [0.2, 0.25) is 0 Å². The van der Waals surface area contributed by atoms with Crippen molar-refractivity contribution in [3.8, 4) is 0 Å². The SMILES string of the molecule is CCc1cc(N2CCN(C)CC2CO)ccc1[N+](=O)[O-]. The normalized spacial score (nSPS) is 20.1. The number of aliphatic hydroxyl groups is 1. The molecule has 0 radical (unpaired) electrons. The molecule has 1 aliphatic rings. The molecule has 0 amide bonds. The van der Waals surface area contributed by atoms with Crippen LogP contribution in [0, 0.1) is 10.1 Å². The van der Waals surface area contributed by atoms with Crippen molar-refractivity contribution in [1.82, 2.24) is 4.90 Å². The molecule has 1 aliphatic heterocycles. The van der Waals surface area contributed by atoms with E-state index in [2.05, 4.69) is 9.80 Å². The van der Waals surface area contributed by atoms with E-state index in [1.165, 1.54) is 0 Å². The second-order valence-electron chi connectivity index (χ2n) is 5.22. The van der Waals surface area contributed by atoms with E-state index in [9.17, 15) is 15.2 Å². The van der Waals surface area contributed by atoms with Crippen molar-refractivity contribution < 1.29 is 10.0 Å². The van der Waals surface area contributed by atoms with Gasteiger partial charge in [0, 0.05) is 37.0 Å². The fourth-order valence-corrected chi connectivity index (χ4v) is 2.72. The summed E-state index contributed by atoms with van der Waals surface area (Å²) < 4.78 is 0. The lowest BCUT2D eigenvalue weighted by Gasteiger charge is -2.40. The monoisotopic (exact) mass is 279 g/mol. The van der Waals surface area contributed by atoms with Crippen LogP contribution in [0.4, 0.5) is 11.4 Å². The topological polar surface area (TPSA) is 69.8 Å². The van der Waals surface area contributed by atoms with Gasteiger partial charge in [0.25, 0.3) is 5.69 Å². The van der Waals surface area contributed by atoms with Gasteiger partial charge in [-0.15, -0.1) is 0 Å². The van der Waals surface area contributed by atoms with Gasteiger partial charge in [-0.3, -0.25) is 10.1 Å². The van der Waals surface area contributed by atoms with Gasteiger partial charge in [0.1, 0.15) is 0 Å². The molecule has 1 heterocycles. The maximum Gasteiger partial charge on any atom is 0.272 e. The number of nitrogens with zero attached hydrogens (tertiary/aromatic N) is 3.